The molecule has 5 aliphatic rings. The van der Waals surface area contributed by atoms with Crippen molar-refractivity contribution in [2.45, 2.75) is 112 Å². The summed E-state index contributed by atoms with van der Waals surface area (Å²) >= 11 is 0. The van der Waals surface area contributed by atoms with E-state index in [9.17, 15) is 20.1 Å². The summed E-state index contributed by atoms with van der Waals surface area (Å²) < 4.78 is 0. The molecule has 3 N–H and O–H groups in total. The number of aliphatic hydroxyl groups is 3. The molecule has 4 nitrogen and oxygen atoms in total. The van der Waals surface area contributed by atoms with E-state index in [1.165, 1.54) is 5.57 Å². The van der Waals surface area contributed by atoms with Crippen molar-refractivity contribution in [2.75, 3.05) is 6.61 Å². The average molecular weight is 473 g/mol. The van der Waals surface area contributed by atoms with Gasteiger partial charge in [-0.1, -0.05) is 60.1 Å². The summed E-state index contributed by atoms with van der Waals surface area (Å²) in [6.45, 7) is 15.9. The molecule has 0 heterocycles. The number of ketones is 1. The number of allylic oxidation sites excluding steroid dienone is 2. The van der Waals surface area contributed by atoms with Crippen LogP contribution in [0.15, 0.2) is 11.6 Å². The van der Waals surface area contributed by atoms with Gasteiger partial charge in [-0.3, -0.25) is 4.79 Å². The van der Waals surface area contributed by atoms with E-state index in [0.29, 0.717) is 36.9 Å². The lowest BCUT2D eigenvalue weighted by Crippen LogP contribution is -2.69. The summed E-state index contributed by atoms with van der Waals surface area (Å²) in [5.41, 5.74) is 0.192. The van der Waals surface area contributed by atoms with Crippen LogP contribution in [-0.2, 0) is 4.79 Å². The van der Waals surface area contributed by atoms with Gasteiger partial charge < -0.3 is 15.3 Å². The quantitative estimate of drug-likeness (QED) is 0.453. The maximum Gasteiger partial charge on any atom is 0.138 e. The number of Topliss-reactive ketones (excluding diaryl/α,β-unsaturated/α-hetero) is 1. The standard InChI is InChI=1S/C30H48O4/c1-25(2)14-19-18-8-9-21-27(5)12-11-22(32)26(3,4)20(27)10-13-28(21,6)29(18,7)16-24(34)30(19,17-31)23(33)15-25/h8,19-21,23-24,31,33-34H,9-17H2,1-7H3/t19-,20+,21-,23+,24-,27+,28-,29-,30-/m1/s1. The van der Waals surface area contributed by atoms with Gasteiger partial charge in [-0.05, 0) is 84.4 Å². The highest BCUT2D eigenvalue weighted by Gasteiger charge is 2.71. The van der Waals surface area contributed by atoms with Gasteiger partial charge >= 0.3 is 0 Å². The van der Waals surface area contributed by atoms with Gasteiger partial charge in [0.05, 0.1) is 24.2 Å². The Morgan fingerprint density at radius 2 is 1.56 bits per heavy atom. The SMILES string of the molecule is CC1(C)C[C@@H]2C3=CC[C@@H]4[C@@]5(C)CCC(=O)C(C)(C)[C@@H]5CC[C@@]4(C)[C@]3(C)C[C@@H](O)[C@@]2(CO)[C@@H](O)C1. The van der Waals surface area contributed by atoms with Crippen LogP contribution in [0.3, 0.4) is 0 Å². The molecule has 4 saturated carbocycles. The van der Waals surface area contributed by atoms with Gasteiger partial charge in [0, 0.05) is 11.8 Å². The van der Waals surface area contributed by atoms with E-state index >= 15 is 0 Å². The summed E-state index contributed by atoms with van der Waals surface area (Å²) in [6, 6.07) is 0. The maximum atomic E-state index is 12.9. The molecule has 0 aromatic rings. The Labute approximate surface area is 206 Å². The zero-order valence-corrected chi connectivity index (χ0v) is 22.6. The van der Waals surface area contributed by atoms with Gasteiger partial charge in [0.15, 0.2) is 0 Å². The monoisotopic (exact) mass is 472 g/mol. The van der Waals surface area contributed by atoms with E-state index in [1.807, 2.05) is 0 Å². The third kappa shape index (κ3) is 2.80. The zero-order chi connectivity index (χ0) is 25.1. The molecule has 0 unspecified atom stereocenters. The number of hydrogen-bond acceptors (Lipinski definition) is 4. The molecule has 4 fully saturated rings. The number of fused-ring (bicyclic) bond motifs is 7. The van der Waals surface area contributed by atoms with Crippen LogP contribution in [0.5, 0.6) is 0 Å². The first kappa shape index (κ1) is 25.0. The molecule has 0 spiro atoms. The van der Waals surface area contributed by atoms with Gasteiger partial charge in [0.25, 0.3) is 0 Å². The predicted octanol–water partition coefficient (Wildman–Crippen LogP) is 5.29. The Morgan fingerprint density at radius 1 is 0.912 bits per heavy atom. The fourth-order valence-corrected chi connectivity index (χ4v) is 10.7. The van der Waals surface area contributed by atoms with Crippen molar-refractivity contribution in [2.24, 2.45) is 50.2 Å². The number of aliphatic hydroxyl groups excluding tert-OH is 3. The van der Waals surface area contributed by atoms with Crippen LogP contribution in [0.4, 0.5) is 0 Å². The first-order chi connectivity index (χ1) is 15.6. The molecular formula is C30H48O4. The molecule has 34 heavy (non-hydrogen) atoms. The Hall–Kier alpha value is -0.710. The highest BCUT2D eigenvalue weighted by atomic mass is 16.3. The third-order valence-electron chi connectivity index (χ3n) is 12.9. The van der Waals surface area contributed by atoms with Crippen LogP contribution in [0.2, 0.25) is 0 Å². The summed E-state index contributed by atoms with van der Waals surface area (Å²) in [5, 5.41) is 33.7. The van der Waals surface area contributed by atoms with Gasteiger partial charge in [0.1, 0.15) is 5.78 Å². The minimum atomic E-state index is -0.857. The molecule has 4 heteroatoms. The van der Waals surface area contributed by atoms with E-state index in [1.54, 1.807) is 0 Å². The van der Waals surface area contributed by atoms with E-state index in [0.717, 1.165) is 32.1 Å². The molecule has 5 aliphatic carbocycles. The third-order valence-corrected chi connectivity index (χ3v) is 12.9. The molecule has 0 aromatic carbocycles. The second kappa shape index (κ2) is 7.19. The largest absolute Gasteiger partial charge is 0.396 e. The first-order valence-electron chi connectivity index (χ1n) is 13.8. The topological polar surface area (TPSA) is 77.8 Å². The molecule has 0 saturated heterocycles. The van der Waals surface area contributed by atoms with E-state index < -0.39 is 17.6 Å². The molecular weight excluding hydrogens is 424 g/mol. The second-order valence-electron chi connectivity index (χ2n) is 15.1. The minimum absolute atomic E-state index is 0.00215. The van der Waals surface area contributed by atoms with Crippen LogP contribution in [0, 0.1) is 50.2 Å². The van der Waals surface area contributed by atoms with E-state index in [-0.39, 0.29) is 39.6 Å². The molecule has 0 radical (unpaired) electrons. The van der Waals surface area contributed by atoms with Crippen LogP contribution in [0.1, 0.15) is 99.8 Å². The molecule has 9 atom stereocenters. The smallest absolute Gasteiger partial charge is 0.138 e. The normalized spacial score (nSPS) is 53.6. The van der Waals surface area contributed by atoms with Gasteiger partial charge in [-0.25, -0.2) is 0 Å². The van der Waals surface area contributed by atoms with Crippen molar-refractivity contribution >= 4 is 5.78 Å². The van der Waals surface area contributed by atoms with Crippen LogP contribution < -0.4 is 0 Å². The minimum Gasteiger partial charge on any atom is -0.396 e. The van der Waals surface area contributed by atoms with Gasteiger partial charge in [0.2, 0.25) is 0 Å². The van der Waals surface area contributed by atoms with Crippen molar-refractivity contribution in [1.82, 2.24) is 0 Å². The summed E-state index contributed by atoms with van der Waals surface area (Å²) in [6.07, 6.45) is 7.95. The number of carbonyl (C=O) groups is 1. The fourth-order valence-electron chi connectivity index (χ4n) is 10.7. The molecule has 0 amide bonds. The highest BCUT2D eigenvalue weighted by molar-refractivity contribution is 5.85. The van der Waals surface area contributed by atoms with Crippen LogP contribution >= 0.6 is 0 Å². The molecule has 0 aromatic heterocycles. The van der Waals surface area contributed by atoms with E-state index in [2.05, 4.69) is 54.5 Å². The maximum absolute atomic E-state index is 12.9. The number of hydrogen-bond donors (Lipinski definition) is 3. The lowest BCUT2D eigenvalue weighted by Gasteiger charge is -2.71. The fraction of sp³-hybridized carbons (Fsp3) is 0.900. The number of rotatable bonds is 1. The average Bonchev–Trinajstić information content (AvgIpc) is 2.71. The van der Waals surface area contributed by atoms with Crippen LogP contribution in [0.25, 0.3) is 0 Å². The zero-order valence-electron chi connectivity index (χ0n) is 22.6. The predicted molar refractivity (Wildman–Crippen MR) is 134 cm³/mol. The summed E-state index contributed by atoms with van der Waals surface area (Å²) in [7, 11) is 0. The summed E-state index contributed by atoms with van der Waals surface area (Å²) in [5.74, 6) is 1.29. The lowest BCUT2D eigenvalue weighted by atomic mass is 9.33. The Balaban J connectivity index is 1.63. The van der Waals surface area contributed by atoms with Crippen molar-refractivity contribution in [1.29, 1.82) is 0 Å². The van der Waals surface area contributed by atoms with Crippen molar-refractivity contribution in [3.63, 3.8) is 0 Å². The summed E-state index contributed by atoms with van der Waals surface area (Å²) in [4.78, 5) is 12.9. The highest BCUT2D eigenvalue weighted by Crippen LogP contribution is 2.75. The van der Waals surface area contributed by atoms with Gasteiger partial charge in [-0.2, -0.15) is 0 Å². The van der Waals surface area contributed by atoms with Crippen LogP contribution in [-0.4, -0.2) is 39.9 Å². The number of carbonyl (C=O) groups excluding carboxylic acids is 1. The van der Waals surface area contributed by atoms with Crippen molar-refractivity contribution in [3.8, 4) is 0 Å². The van der Waals surface area contributed by atoms with E-state index in [4.69, 9.17) is 0 Å². The van der Waals surface area contributed by atoms with Crippen molar-refractivity contribution < 1.29 is 20.1 Å². The lowest BCUT2D eigenvalue weighted by molar-refractivity contribution is -0.227. The first-order valence-corrected chi connectivity index (χ1v) is 13.8. The molecule has 0 bridgehead atoms. The molecule has 0 aliphatic heterocycles. The van der Waals surface area contributed by atoms with Gasteiger partial charge in [-0.15, -0.1) is 0 Å². The second-order valence-corrected chi connectivity index (χ2v) is 15.1. The Bertz CT molecular complexity index is 919. The Kier molecular flexibility index (Phi) is 5.28. The molecule has 5 rings (SSSR count). The Morgan fingerprint density at radius 3 is 2.21 bits per heavy atom. The van der Waals surface area contributed by atoms with Crippen molar-refractivity contribution in [3.05, 3.63) is 11.6 Å². The molecule has 192 valence electrons.